The van der Waals surface area contributed by atoms with E-state index >= 15 is 0 Å². The summed E-state index contributed by atoms with van der Waals surface area (Å²) in [5.74, 6) is 0.807. The zero-order valence-corrected chi connectivity index (χ0v) is 15.6. The number of carbonyl (C=O) groups is 1. The number of nitrogens with one attached hydrogen (secondary N) is 1. The van der Waals surface area contributed by atoms with E-state index in [1.54, 1.807) is 25.3 Å². The molecule has 0 aliphatic rings. The summed E-state index contributed by atoms with van der Waals surface area (Å²) in [5.41, 5.74) is 2.63. The summed E-state index contributed by atoms with van der Waals surface area (Å²) in [6, 6.07) is 11.1. The average Bonchev–Trinajstić information content (AvgIpc) is 2.56. The first-order valence-corrected chi connectivity index (χ1v) is 8.36. The molecule has 5 heteroatoms. The van der Waals surface area contributed by atoms with Crippen LogP contribution in [0.1, 0.15) is 25.0 Å². The van der Waals surface area contributed by atoms with Crippen LogP contribution in [0.2, 0.25) is 5.02 Å². The van der Waals surface area contributed by atoms with E-state index < -0.39 is 0 Å². The van der Waals surface area contributed by atoms with Crippen molar-refractivity contribution in [3.8, 4) is 11.5 Å². The Bertz CT molecular complexity index is 767. The Hall–Kier alpha value is -2.46. The lowest BCUT2D eigenvalue weighted by atomic mass is 10.1. The molecule has 2 aromatic carbocycles. The van der Waals surface area contributed by atoms with Crippen molar-refractivity contribution >= 4 is 29.3 Å². The van der Waals surface area contributed by atoms with Gasteiger partial charge in [0.15, 0.2) is 11.5 Å². The third-order valence-electron chi connectivity index (χ3n) is 3.35. The number of aryl methyl sites for hydroxylation is 1. The normalized spacial score (nSPS) is 11.0. The fourth-order valence-corrected chi connectivity index (χ4v) is 2.44. The van der Waals surface area contributed by atoms with Crippen LogP contribution in [0.4, 0.5) is 5.69 Å². The number of methoxy groups -OCH3 is 1. The maximum absolute atomic E-state index is 12.0. The fourth-order valence-electron chi connectivity index (χ4n) is 2.18. The molecule has 0 unspecified atom stereocenters. The summed E-state index contributed by atoms with van der Waals surface area (Å²) in [7, 11) is 1.55. The lowest BCUT2D eigenvalue weighted by Gasteiger charge is -2.15. The first-order chi connectivity index (χ1) is 11.9. The van der Waals surface area contributed by atoms with Gasteiger partial charge in [-0.15, -0.1) is 0 Å². The number of amides is 1. The predicted octanol–water partition coefficient (Wildman–Crippen LogP) is 5.10. The molecule has 0 aromatic heterocycles. The van der Waals surface area contributed by atoms with E-state index in [2.05, 4.69) is 5.32 Å². The van der Waals surface area contributed by atoms with Gasteiger partial charge in [-0.3, -0.25) is 4.79 Å². The molecular formula is C20H22ClNO3. The van der Waals surface area contributed by atoms with Gasteiger partial charge in [-0.2, -0.15) is 0 Å². The molecule has 132 valence electrons. The second-order valence-electron chi connectivity index (χ2n) is 5.89. The van der Waals surface area contributed by atoms with Gasteiger partial charge in [0, 0.05) is 11.8 Å². The van der Waals surface area contributed by atoms with E-state index in [1.165, 1.54) is 6.08 Å². The van der Waals surface area contributed by atoms with Gasteiger partial charge in [-0.05, 0) is 56.7 Å². The molecule has 0 spiro atoms. The number of carbonyl (C=O) groups excluding carboxylic acids is 1. The van der Waals surface area contributed by atoms with Crippen LogP contribution in [0.15, 0.2) is 42.5 Å². The van der Waals surface area contributed by atoms with Crippen molar-refractivity contribution < 1.29 is 14.3 Å². The van der Waals surface area contributed by atoms with Crippen molar-refractivity contribution in [2.75, 3.05) is 12.4 Å². The Balaban J connectivity index is 2.13. The van der Waals surface area contributed by atoms with E-state index in [-0.39, 0.29) is 12.0 Å². The summed E-state index contributed by atoms with van der Waals surface area (Å²) in [6.45, 7) is 5.83. The molecule has 0 aliphatic heterocycles. The largest absolute Gasteiger partial charge is 0.493 e. The second-order valence-corrected chi connectivity index (χ2v) is 6.30. The van der Waals surface area contributed by atoms with E-state index in [0.29, 0.717) is 16.5 Å². The van der Waals surface area contributed by atoms with Crippen LogP contribution in [-0.2, 0) is 4.79 Å². The van der Waals surface area contributed by atoms with Gasteiger partial charge in [0.25, 0.3) is 0 Å². The molecule has 0 radical (unpaired) electrons. The topological polar surface area (TPSA) is 47.6 Å². The maximum atomic E-state index is 12.0. The van der Waals surface area contributed by atoms with Crippen molar-refractivity contribution in [1.29, 1.82) is 0 Å². The number of halogens is 1. The molecule has 0 atom stereocenters. The van der Waals surface area contributed by atoms with Gasteiger partial charge in [-0.25, -0.2) is 0 Å². The molecule has 0 saturated heterocycles. The Morgan fingerprint density at radius 2 is 1.88 bits per heavy atom. The van der Waals surface area contributed by atoms with Crippen LogP contribution in [0.25, 0.3) is 6.08 Å². The highest BCUT2D eigenvalue weighted by atomic mass is 35.5. The molecule has 2 rings (SSSR count). The monoisotopic (exact) mass is 359 g/mol. The van der Waals surface area contributed by atoms with Gasteiger partial charge in [-0.1, -0.05) is 29.3 Å². The molecule has 0 saturated carbocycles. The Morgan fingerprint density at radius 3 is 2.48 bits per heavy atom. The van der Waals surface area contributed by atoms with Crippen molar-refractivity contribution in [3.05, 3.63) is 58.6 Å². The standard InChI is InChI=1S/C20H22ClNO3/c1-13(2)25-20-17(21)11-15(12-18(20)24-4)7-10-19(23)22-16-8-5-14(3)6-9-16/h5-13H,1-4H3,(H,22,23)/b10-7+. The van der Waals surface area contributed by atoms with Crippen molar-refractivity contribution in [2.45, 2.75) is 26.9 Å². The van der Waals surface area contributed by atoms with Crippen LogP contribution < -0.4 is 14.8 Å². The smallest absolute Gasteiger partial charge is 0.248 e. The zero-order valence-electron chi connectivity index (χ0n) is 14.8. The van der Waals surface area contributed by atoms with Gasteiger partial charge in [0.2, 0.25) is 5.91 Å². The highest BCUT2D eigenvalue weighted by molar-refractivity contribution is 6.32. The summed E-state index contributed by atoms with van der Waals surface area (Å²) in [6.07, 6.45) is 3.11. The van der Waals surface area contributed by atoms with E-state index in [9.17, 15) is 4.79 Å². The first kappa shape index (κ1) is 18.9. The Kier molecular flexibility index (Phi) is 6.48. The van der Waals surface area contributed by atoms with Crippen molar-refractivity contribution in [3.63, 3.8) is 0 Å². The molecule has 4 nitrogen and oxygen atoms in total. The number of anilines is 1. The SMILES string of the molecule is COc1cc(/C=C/C(=O)Nc2ccc(C)cc2)cc(Cl)c1OC(C)C. The fraction of sp³-hybridized carbons (Fsp3) is 0.250. The highest BCUT2D eigenvalue weighted by Gasteiger charge is 2.12. The van der Waals surface area contributed by atoms with Crippen molar-refractivity contribution in [1.82, 2.24) is 0 Å². The Labute approximate surface area is 153 Å². The molecule has 0 fully saturated rings. The lowest BCUT2D eigenvalue weighted by molar-refractivity contribution is -0.111. The molecular weight excluding hydrogens is 338 g/mol. The summed E-state index contributed by atoms with van der Waals surface area (Å²) in [5, 5.41) is 3.24. The van der Waals surface area contributed by atoms with Gasteiger partial charge < -0.3 is 14.8 Å². The minimum absolute atomic E-state index is 0.0203. The number of rotatable bonds is 6. The Morgan fingerprint density at radius 1 is 1.20 bits per heavy atom. The molecule has 1 amide bonds. The molecule has 2 aromatic rings. The number of benzene rings is 2. The van der Waals surface area contributed by atoms with Crippen LogP contribution in [0.5, 0.6) is 11.5 Å². The van der Waals surface area contributed by atoms with Crippen LogP contribution in [0, 0.1) is 6.92 Å². The molecule has 25 heavy (non-hydrogen) atoms. The summed E-state index contributed by atoms with van der Waals surface area (Å²) < 4.78 is 11.0. The zero-order chi connectivity index (χ0) is 18.4. The number of hydrogen-bond donors (Lipinski definition) is 1. The second kappa shape index (κ2) is 8.58. The van der Waals surface area contributed by atoms with Gasteiger partial charge >= 0.3 is 0 Å². The minimum atomic E-state index is -0.221. The third kappa shape index (κ3) is 5.54. The quantitative estimate of drug-likeness (QED) is 0.730. The lowest BCUT2D eigenvalue weighted by Crippen LogP contribution is -2.08. The van der Waals surface area contributed by atoms with Crippen LogP contribution in [-0.4, -0.2) is 19.1 Å². The molecule has 0 heterocycles. The maximum Gasteiger partial charge on any atom is 0.248 e. The van der Waals surface area contributed by atoms with E-state index in [4.69, 9.17) is 21.1 Å². The summed E-state index contributed by atoms with van der Waals surface area (Å²) >= 11 is 6.28. The number of ether oxygens (including phenoxy) is 2. The summed E-state index contributed by atoms with van der Waals surface area (Å²) in [4.78, 5) is 12.0. The molecule has 1 N–H and O–H groups in total. The molecule has 0 bridgehead atoms. The van der Waals surface area contributed by atoms with Gasteiger partial charge in [0.1, 0.15) is 0 Å². The van der Waals surface area contributed by atoms with Gasteiger partial charge in [0.05, 0.1) is 18.2 Å². The first-order valence-electron chi connectivity index (χ1n) is 7.99. The average molecular weight is 360 g/mol. The van der Waals surface area contributed by atoms with E-state index in [1.807, 2.05) is 45.0 Å². The highest BCUT2D eigenvalue weighted by Crippen LogP contribution is 2.37. The molecule has 0 aliphatic carbocycles. The van der Waals surface area contributed by atoms with Crippen molar-refractivity contribution in [2.24, 2.45) is 0 Å². The third-order valence-corrected chi connectivity index (χ3v) is 3.63. The van der Waals surface area contributed by atoms with E-state index in [0.717, 1.165) is 16.8 Å². The minimum Gasteiger partial charge on any atom is -0.493 e. The van der Waals surface area contributed by atoms with Crippen LogP contribution in [0.3, 0.4) is 0 Å². The predicted molar refractivity (Wildman–Crippen MR) is 103 cm³/mol. The number of hydrogen-bond acceptors (Lipinski definition) is 3. The van der Waals surface area contributed by atoms with Crippen LogP contribution >= 0.6 is 11.6 Å².